The van der Waals surface area contributed by atoms with Crippen LogP contribution in [0.4, 0.5) is 0 Å². The highest BCUT2D eigenvalue weighted by Gasteiger charge is 2.37. The van der Waals surface area contributed by atoms with Gasteiger partial charge in [0.05, 0.1) is 11.4 Å². The number of ketones is 2. The summed E-state index contributed by atoms with van der Waals surface area (Å²) in [6, 6.07) is 4.95. The molecule has 1 amide bonds. The Hall–Kier alpha value is -2.16. The van der Waals surface area contributed by atoms with Crippen molar-refractivity contribution in [3.05, 3.63) is 41.0 Å². The van der Waals surface area contributed by atoms with Crippen LogP contribution in [0, 0.1) is 5.41 Å². The van der Waals surface area contributed by atoms with Gasteiger partial charge in [0.25, 0.3) is 0 Å². The predicted octanol–water partition coefficient (Wildman–Crippen LogP) is 2.37. The van der Waals surface area contributed by atoms with E-state index < -0.39 is 5.41 Å². The third-order valence-electron chi connectivity index (χ3n) is 4.40. The van der Waals surface area contributed by atoms with Crippen molar-refractivity contribution in [2.24, 2.45) is 5.41 Å². The van der Waals surface area contributed by atoms with Gasteiger partial charge >= 0.3 is 0 Å². The van der Waals surface area contributed by atoms with Gasteiger partial charge in [-0.25, -0.2) is 0 Å². The second-order valence-electron chi connectivity index (χ2n) is 6.94. The van der Waals surface area contributed by atoms with E-state index in [0.29, 0.717) is 29.4 Å². The van der Waals surface area contributed by atoms with Gasteiger partial charge in [-0.15, -0.1) is 11.8 Å². The van der Waals surface area contributed by atoms with Crippen LogP contribution in [0.1, 0.15) is 41.0 Å². The molecular formula is C20H26N2O5S. The minimum absolute atomic E-state index is 0.111. The number of carbonyl (C=O) groups is 3. The Labute approximate surface area is 169 Å². The van der Waals surface area contributed by atoms with E-state index in [-0.39, 0.29) is 36.1 Å². The first kappa shape index (κ1) is 22.1. The van der Waals surface area contributed by atoms with Gasteiger partial charge in [0, 0.05) is 30.0 Å². The van der Waals surface area contributed by atoms with E-state index in [2.05, 4.69) is 10.8 Å². The summed E-state index contributed by atoms with van der Waals surface area (Å²) < 4.78 is 5.67. The van der Waals surface area contributed by atoms with Gasteiger partial charge in [-0.05, 0) is 18.4 Å². The average molecular weight is 407 g/mol. The van der Waals surface area contributed by atoms with E-state index in [1.807, 2.05) is 6.26 Å². The fourth-order valence-corrected chi connectivity index (χ4v) is 3.16. The number of amides is 1. The zero-order valence-electron chi connectivity index (χ0n) is 16.6. The molecule has 0 atom stereocenters. The molecule has 7 nitrogen and oxygen atoms in total. The standard InChI is InChI=1S/C20H26N2O5S/c1-20(2,11-17(24)21-3)14-10-15(23)18-13(19(14)25)6-5-7-16(18)26-8-9-27-22-12-28-4/h5-7,10,22H,8-9,11-12H2,1-4H3,(H,21,24). The van der Waals surface area contributed by atoms with Crippen molar-refractivity contribution >= 4 is 29.2 Å². The van der Waals surface area contributed by atoms with E-state index in [0.717, 1.165) is 0 Å². The third kappa shape index (κ3) is 5.21. The molecule has 0 radical (unpaired) electrons. The molecule has 2 rings (SSSR count). The Morgan fingerprint density at radius 3 is 2.64 bits per heavy atom. The van der Waals surface area contributed by atoms with E-state index in [1.54, 1.807) is 50.9 Å². The molecule has 0 aromatic heterocycles. The lowest BCUT2D eigenvalue weighted by atomic mass is 9.73. The molecule has 28 heavy (non-hydrogen) atoms. The molecule has 0 bridgehead atoms. The summed E-state index contributed by atoms with van der Waals surface area (Å²) in [5, 5.41) is 2.56. The number of benzene rings is 1. The van der Waals surface area contributed by atoms with Gasteiger partial charge in [-0.1, -0.05) is 26.0 Å². The summed E-state index contributed by atoms with van der Waals surface area (Å²) in [6.45, 7) is 4.09. The summed E-state index contributed by atoms with van der Waals surface area (Å²) in [6.07, 6.45) is 3.39. The van der Waals surface area contributed by atoms with E-state index in [4.69, 9.17) is 9.57 Å². The molecular weight excluding hydrogens is 380 g/mol. The third-order valence-corrected chi connectivity index (χ3v) is 4.80. The Morgan fingerprint density at radius 1 is 1.21 bits per heavy atom. The first-order valence-electron chi connectivity index (χ1n) is 8.93. The first-order chi connectivity index (χ1) is 13.3. The normalized spacial score (nSPS) is 13.8. The lowest BCUT2D eigenvalue weighted by molar-refractivity contribution is -0.122. The van der Waals surface area contributed by atoms with Crippen molar-refractivity contribution < 1.29 is 24.0 Å². The molecule has 2 N–H and O–H groups in total. The number of hydroxylamine groups is 1. The van der Waals surface area contributed by atoms with Gasteiger partial charge in [-0.3, -0.25) is 19.2 Å². The molecule has 1 aliphatic carbocycles. The SMILES string of the molecule is CNC(=O)CC(C)(C)C1=CC(=O)c2c(OCCONCSC)cccc2C1=O. The van der Waals surface area contributed by atoms with Crippen molar-refractivity contribution in [2.75, 3.05) is 32.4 Å². The Balaban J connectivity index is 2.18. The molecule has 0 spiro atoms. The number of hydrogen-bond acceptors (Lipinski definition) is 7. The maximum absolute atomic E-state index is 13.0. The lowest BCUT2D eigenvalue weighted by Gasteiger charge is -2.29. The minimum atomic E-state index is -0.766. The van der Waals surface area contributed by atoms with E-state index in [9.17, 15) is 14.4 Å². The Bertz CT molecular complexity index is 789. The lowest BCUT2D eigenvalue weighted by Crippen LogP contribution is -2.32. The second kappa shape index (κ2) is 9.86. The van der Waals surface area contributed by atoms with Crippen LogP contribution >= 0.6 is 11.8 Å². The number of rotatable bonds is 10. The Morgan fingerprint density at radius 2 is 1.96 bits per heavy atom. The van der Waals surface area contributed by atoms with Crippen molar-refractivity contribution in [2.45, 2.75) is 20.3 Å². The maximum Gasteiger partial charge on any atom is 0.220 e. The molecule has 0 heterocycles. The molecule has 152 valence electrons. The number of fused-ring (bicyclic) bond motifs is 1. The van der Waals surface area contributed by atoms with Crippen molar-refractivity contribution in [3.63, 3.8) is 0 Å². The number of hydrogen-bond donors (Lipinski definition) is 2. The van der Waals surface area contributed by atoms with Crippen LogP contribution in [0.25, 0.3) is 0 Å². The van der Waals surface area contributed by atoms with Crippen molar-refractivity contribution in [1.82, 2.24) is 10.8 Å². The smallest absolute Gasteiger partial charge is 0.220 e. The summed E-state index contributed by atoms with van der Waals surface area (Å²) in [4.78, 5) is 42.8. The van der Waals surface area contributed by atoms with Crippen LogP contribution < -0.4 is 15.5 Å². The summed E-state index contributed by atoms with van der Waals surface area (Å²) in [7, 11) is 1.54. The summed E-state index contributed by atoms with van der Waals surface area (Å²) >= 11 is 1.59. The quantitative estimate of drug-likeness (QED) is 0.350. The van der Waals surface area contributed by atoms with Crippen LogP contribution in [0.2, 0.25) is 0 Å². The van der Waals surface area contributed by atoms with Gasteiger partial charge in [0.1, 0.15) is 19.0 Å². The van der Waals surface area contributed by atoms with Gasteiger partial charge in [0.2, 0.25) is 5.91 Å². The van der Waals surface area contributed by atoms with Crippen LogP contribution in [-0.2, 0) is 9.63 Å². The molecule has 1 aliphatic rings. The molecule has 0 unspecified atom stereocenters. The molecule has 0 saturated heterocycles. The van der Waals surface area contributed by atoms with E-state index in [1.165, 1.54) is 6.08 Å². The monoisotopic (exact) mass is 406 g/mol. The van der Waals surface area contributed by atoms with Crippen LogP contribution in [0.15, 0.2) is 29.8 Å². The maximum atomic E-state index is 13.0. The molecule has 1 aromatic carbocycles. The number of nitrogens with one attached hydrogen (secondary N) is 2. The zero-order valence-corrected chi connectivity index (χ0v) is 17.4. The first-order valence-corrected chi connectivity index (χ1v) is 10.3. The minimum Gasteiger partial charge on any atom is -0.490 e. The largest absolute Gasteiger partial charge is 0.490 e. The molecule has 8 heteroatoms. The topological polar surface area (TPSA) is 93.7 Å². The fourth-order valence-electron chi connectivity index (χ4n) is 2.96. The van der Waals surface area contributed by atoms with Gasteiger partial charge in [-0.2, -0.15) is 5.48 Å². The van der Waals surface area contributed by atoms with Gasteiger partial charge < -0.3 is 10.1 Å². The van der Waals surface area contributed by atoms with Gasteiger partial charge in [0.15, 0.2) is 11.6 Å². The van der Waals surface area contributed by atoms with Crippen LogP contribution in [0.5, 0.6) is 5.75 Å². The van der Waals surface area contributed by atoms with Crippen LogP contribution in [-0.4, -0.2) is 49.9 Å². The number of ether oxygens (including phenoxy) is 1. The molecule has 1 aromatic rings. The number of Topliss-reactive ketones (excluding diaryl/α,β-unsaturated/α-hetero) is 1. The molecule has 0 saturated carbocycles. The average Bonchev–Trinajstić information content (AvgIpc) is 2.66. The highest BCUT2D eigenvalue weighted by atomic mass is 32.2. The molecule has 0 fully saturated rings. The number of allylic oxidation sites excluding steroid dienone is 2. The van der Waals surface area contributed by atoms with Crippen molar-refractivity contribution in [1.29, 1.82) is 0 Å². The molecule has 0 aliphatic heterocycles. The number of thioether (sulfide) groups is 1. The van der Waals surface area contributed by atoms with E-state index >= 15 is 0 Å². The highest BCUT2D eigenvalue weighted by Crippen LogP contribution is 2.38. The summed E-state index contributed by atoms with van der Waals surface area (Å²) in [5.41, 5.74) is 2.88. The number of carbonyl (C=O) groups excluding carboxylic acids is 3. The predicted molar refractivity (Wildman–Crippen MR) is 109 cm³/mol. The second-order valence-corrected chi connectivity index (χ2v) is 7.80. The Kier molecular flexibility index (Phi) is 7.79. The van der Waals surface area contributed by atoms with Crippen molar-refractivity contribution in [3.8, 4) is 5.75 Å². The summed E-state index contributed by atoms with van der Waals surface area (Å²) in [5.74, 6) is 0.263. The fraction of sp³-hybridized carbons (Fsp3) is 0.450. The zero-order chi connectivity index (χ0) is 20.7. The highest BCUT2D eigenvalue weighted by molar-refractivity contribution is 7.98. The van der Waals surface area contributed by atoms with Crippen LogP contribution in [0.3, 0.4) is 0 Å².